The average Bonchev–Trinajstić information content (AvgIpc) is 2.58. The fourth-order valence-electron chi connectivity index (χ4n) is 4.10. The van der Waals surface area contributed by atoms with E-state index in [9.17, 15) is 9.90 Å². The Hall–Kier alpha value is -2.42. The van der Waals surface area contributed by atoms with Gasteiger partial charge in [-0.2, -0.15) is 0 Å². The zero-order valence-electron chi connectivity index (χ0n) is 16.3. The van der Waals surface area contributed by atoms with Crippen molar-refractivity contribution in [2.24, 2.45) is 0 Å². The smallest absolute Gasteiger partial charge is 0.355 e. The quantitative estimate of drug-likeness (QED) is 0.768. The highest BCUT2D eigenvalue weighted by Crippen LogP contribution is 2.47. The molecule has 0 saturated heterocycles. The van der Waals surface area contributed by atoms with Gasteiger partial charge in [0, 0.05) is 11.8 Å². The van der Waals surface area contributed by atoms with E-state index in [1.807, 2.05) is 6.07 Å². The standard InChI is InChI=1S/C23H27NO2/c1-7-15-16(8-11-24-20(15)21(25)26)17-13-19-18(12-14(17)2)22(3,4)9-10-23(19,5)6/h7-8,11-13H,1,9-10H2,2-6H3,(H,25,26). The topological polar surface area (TPSA) is 50.2 Å². The lowest BCUT2D eigenvalue weighted by Crippen LogP contribution is -2.34. The Morgan fingerprint density at radius 3 is 2.23 bits per heavy atom. The van der Waals surface area contributed by atoms with Crippen LogP contribution in [0.1, 0.15) is 73.3 Å². The highest BCUT2D eigenvalue weighted by atomic mass is 16.4. The Morgan fingerprint density at radius 2 is 1.69 bits per heavy atom. The van der Waals surface area contributed by atoms with Gasteiger partial charge in [0.1, 0.15) is 0 Å². The van der Waals surface area contributed by atoms with Gasteiger partial charge in [-0.05, 0) is 64.5 Å². The molecule has 0 aliphatic heterocycles. The number of carbonyl (C=O) groups is 1. The molecular formula is C23H27NO2. The molecule has 26 heavy (non-hydrogen) atoms. The van der Waals surface area contributed by atoms with Gasteiger partial charge < -0.3 is 5.11 Å². The van der Waals surface area contributed by atoms with Crippen LogP contribution in [0.3, 0.4) is 0 Å². The van der Waals surface area contributed by atoms with Crippen LogP contribution >= 0.6 is 0 Å². The van der Waals surface area contributed by atoms with Crippen molar-refractivity contribution in [1.82, 2.24) is 4.98 Å². The van der Waals surface area contributed by atoms with Gasteiger partial charge in [0.15, 0.2) is 5.69 Å². The number of hydrogen-bond donors (Lipinski definition) is 1. The lowest BCUT2D eigenvalue weighted by atomic mass is 9.62. The molecule has 0 saturated carbocycles. The number of pyridine rings is 1. The molecule has 0 spiro atoms. The van der Waals surface area contributed by atoms with E-state index in [1.54, 1.807) is 12.3 Å². The Morgan fingerprint density at radius 1 is 1.12 bits per heavy atom. The normalized spacial score (nSPS) is 17.4. The number of aromatic nitrogens is 1. The third-order valence-corrected chi connectivity index (χ3v) is 5.88. The maximum absolute atomic E-state index is 11.6. The fraction of sp³-hybridized carbons (Fsp3) is 0.391. The number of aromatic carboxylic acids is 1. The third kappa shape index (κ3) is 2.86. The first-order valence-electron chi connectivity index (χ1n) is 9.09. The van der Waals surface area contributed by atoms with Crippen molar-refractivity contribution in [2.75, 3.05) is 0 Å². The molecule has 3 heteroatoms. The average molecular weight is 349 g/mol. The molecule has 136 valence electrons. The molecule has 3 rings (SSSR count). The Balaban J connectivity index is 2.31. The first kappa shape index (κ1) is 18.4. The highest BCUT2D eigenvalue weighted by Gasteiger charge is 2.37. The summed E-state index contributed by atoms with van der Waals surface area (Å²) in [5.41, 5.74) is 6.75. The zero-order valence-corrected chi connectivity index (χ0v) is 16.3. The summed E-state index contributed by atoms with van der Waals surface area (Å²) < 4.78 is 0. The number of aryl methyl sites for hydroxylation is 1. The molecule has 0 amide bonds. The van der Waals surface area contributed by atoms with Gasteiger partial charge >= 0.3 is 5.97 Å². The van der Waals surface area contributed by atoms with Gasteiger partial charge in [0.2, 0.25) is 0 Å². The van der Waals surface area contributed by atoms with Crippen LogP contribution in [-0.2, 0) is 10.8 Å². The molecule has 1 N–H and O–H groups in total. The lowest BCUT2D eigenvalue weighted by Gasteiger charge is -2.42. The summed E-state index contributed by atoms with van der Waals surface area (Å²) in [5, 5.41) is 9.47. The molecule has 1 aromatic carbocycles. The van der Waals surface area contributed by atoms with E-state index in [0.717, 1.165) is 23.1 Å². The van der Waals surface area contributed by atoms with Crippen molar-refractivity contribution in [1.29, 1.82) is 0 Å². The predicted molar refractivity (Wildman–Crippen MR) is 107 cm³/mol. The SMILES string of the molecule is C=Cc1c(-c2cc3c(cc2C)C(C)(C)CCC3(C)C)ccnc1C(=O)O. The number of carboxylic acid groups (broad SMARTS) is 1. The Bertz CT molecular complexity index is 907. The van der Waals surface area contributed by atoms with E-state index in [4.69, 9.17) is 0 Å². The molecule has 1 heterocycles. The van der Waals surface area contributed by atoms with Crippen LogP contribution in [-0.4, -0.2) is 16.1 Å². The summed E-state index contributed by atoms with van der Waals surface area (Å²) in [4.78, 5) is 15.6. The number of fused-ring (bicyclic) bond motifs is 1. The minimum Gasteiger partial charge on any atom is -0.476 e. The van der Waals surface area contributed by atoms with Gasteiger partial charge in [0.25, 0.3) is 0 Å². The second kappa shape index (κ2) is 6.08. The van der Waals surface area contributed by atoms with Crippen molar-refractivity contribution in [3.8, 4) is 11.1 Å². The number of carboxylic acids is 1. The minimum atomic E-state index is -1.03. The first-order chi connectivity index (χ1) is 12.1. The maximum Gasteiger partial charge on any atom is 0.355 e. The molecule has 0 atom stereocenters. The molecule has 1 aromatic heterocycles. The number of hydrogen-bond acceptors (Lipinski definition) is 2. The van der Waals surface area contributed by atoms with Crippen LogP contribution in [0.15, 0.2) is 31.0 Å². The second-order valence-electron chi connectivity index (χ2n) is 8.61. The van der Waals surface area contributed by atoms with E-state index in [0.29, 0.717) is 5.56 Å². The molecule has 3 nitrogen and oxygen atoms in total. The largest absolute Gasteiger partial charge is 0.476 e. The lowest BCUT2D eigenvalue weighted by molar-refractivity contribution is 0.0690. The van der Waals surface area contributed by atoms with E-state index in [2.05, 4.69) is 58.3 Å². The van der Waals surface area contributed by atoms with Crippen molar-refractivity contribution in [3.05, 3.63) is 58.9 Å². The van der Waals surface area contributed by atoms with Crippen LogP contribution in [0.5, 0.6) is 0 Å². The van der Waals surface area contributed by atoms with Gasteiger partial charge in [-0.25, -0.2) is 9.78 Å². The molecule has 0 radical (unpaired) electrons. The number of nitrogens with zero attached hydrogens (tertiary/aromatic N) is 1. The van der Waals surface area contributed by atoms with Crippen molar-refractivity contribution >= 4 is 12.0 Å². The van der Waals surface area contributed by atoms with Gasteiger partial charge in [-0.15, -0.1) is 0 Å². The van der Waals surface area contributed by atoms with Crippen LogP contribution in [0.4, 0.5) is 0 Å². The van der Waals surface area contributed by atoms with Crippen molar-refractivity contribution in [3.63, 3.8) is 0 Å². The monoisotopic (exact) mass is 349 g/mol. The first-order valence-corrected chi connectivity index (χ1v) is 9.09. The molecule has 1 aliphatic rings. The summed E-state index contributed by atoms with van der Waals surface area (Å²) in [6.45, 7) is 15.1. The van der Waals surface area contributed by atoms with Crippen molar-refractivity contribution in [2.45, 2.75) is 58.3 Å². The zero-order chi connectivity index (χ0) is 19.3. The Kier molecular flexibility index (Phi) is 4.30. The van der Waals surface area contributed by atoms with Gasteiger partial charge in [0.05, 0.1) is 0 Å². The highest BCUT2D eigenvalue weighted by molar-refractivity contribution is 5.94. The molecule has 0 fully saturated rings. The van der Waals surface area contributed by atoms with E-state index in [-0.39, 0.29) is 16.5 Å². The summed E-state index contributed by atoms with van der Waals surface area (Å²) in [7, 11) is 0. The van der Waals surface area contributed by atoms with Gasteiger partial charge in [-0.3, -0.25) is 0 Å². The van der Waals surface area contributed by atoms with Gasteiger partial charge in [-0.1, -0.05) is 52.5 Å². The van der Waals surface area contributed by atoms with E-state index < -0.39 is 5.97 Å². The Labute approximate surface area is 155 Å². The third-order valence-electron chi connectivity index (χ3n) is 5.88. The molecule has 1 aliphatic carbocycles. The summed E-state index contributed by atoms with van der Waals surface area (Å²) >= 11 is 0. The molecule has 0 unspecified atom stereocenters. The number of benzene rings is 1. The van der Waals surface area contributed by atoms with E-state index >= 15 is 0 Å². The number of rotatable bonds is 3. The fourth-order valence-corrected chi connectivity index (χ4v) is 4.10. The predicted octanol–water partition coefficient (Wildman–Crippen LogP) is 5.75. The summed E-state index contributed by atoms with van der Waals surface area (Å²) in [5.74, 6) is -1.03. The summed E-state index contributed by atoms with van der Waals surface area (Å²) in [6, 6.07) is 6.44. The van der Waals surface area contributed by atoms with Crippen LogP contribution < -0.4 is 0 Å². The molecule has 2 aromatic rings. The second-order valence-corrected chi connectivity index (χ2v) is 8.61. The molecular weight excluding hydrogens is 322 g/mol. The molecule has 0 bridgehead atoms. The van der Waals surface area contributed by atoms with Crippen LogP contribution in [0.25, 0.3) is 17.2 Å². The maximum atomic E-state index is 11.6. The van der Waals surface area contributed by atoms with E-state index in [1.165, 1.54) is 17.5 Å². The van der Waals surface area contributed by atoms with Crippen LogP contribution in [0, 0.1) is 6.92 Å². The van der Waals surface area contributed by atoms with Crippen LogP contribution in [0.2, 0.25) is 0 Å². The summed E-state index contributed by atoms with van der Waals surface area (Å²) in [6.07, 6.45) is 5.47. The minimum absolute atomic E-state index is 0.0502. The van der Waals surface area contributed by atoms with Crippen molar-refractivity contribution < 1.29 is 9.90 Å².